The molecular formula is C18H15NO2. The summed E-state index contributed by atoms with van der Waals surface area (Å²) < 4.78 is 0. The van der Waals surface area contributed by atoms with Gasteiger partial charge in [0, 0.05) is 24.2 Å². The van der Waals surface area contributed by atoms with Crippen molar-refractivity contribution >= 4 is 16.7 Å². The van der Waals surface area contributed by atoms with E-state index >= 15 is 0 Å². The molecule has 0 fully saturated rings. The van der Waals surface area contributed by atoms with Gasteiger partial charge >= 0.3 is 5.97 Å². The van der Waals surface area contributed by atoms with Crippen LogP contribution in [0.25, 0.3) is 21.9 Å². The molecule has 21 heavy (non-hydrogen) atoms. The zero-order valence-electron chi connectivity index (χ0n) is 11.5. The van der Waals surface area contributed by atoms with E-state index in [2.05, 4.69) is 11.1 Å². The van der Waals surface area contributed by atoms with Crippen molar-refractivity contribution in [3.05, 3.63) is 66.5 Å². The SMILES string of the molecule is O=C(O)CCc1ccccc1-c1cccc2cnccc12. The van der Waals surface area contributed by atoms with Crippen LogP contribution in [-0.4, -0.2) is 16.1 Å². The summed E-state index contributed by atoms with van der Waals surface area (Å²) in [5.74, 6) is -0.771. The maximum absolute atomic E-state index is 10.8. The first-order valence-electron chi connectivity index (χ1n) is 6.88. The number of hydrogen-bond acceptors (Lipinski definition) is 2. The van der Waals surface area contributed by atoms with Gasteiger partial charge in [0.25, 0.3) is 0 Å². The monoisotopic (exact) mass is 277 g/mol. The van der Waals surface area contributed by atoms with Crippen LogP contribution in [0.2, 0.25) is 0 Å². The van der Waals surface area contributed by atoms with Crippen LogP contribution < -0.4 is 0 Å². The Morgan fingerprint density at radius 1 is 1.00 bits per heavy atom. The van der Waals surface area contributed by atoms with Gasteiger partial charge in [0.15, 0.2) is 0 Å². The minimum atomic E-state index is -0.771. The van der Waals surface area contributed by atoms with E-state index in [4.69, 9.17) is 5.11 Å². The number of aromatic nitrogens is 1. The van der Waals surface area contributed by atoms with E-state index in [1.165, 1.54) is 0 Å². The van der Waals surface area contributed by atoms with Crippen LogP contribution in [0.3, 0.4) is 0 Å². The molecule has 0 unspecified atom stereocenters. The second-order valence-corrected chi connectivity index (χ2v) is 4.95. The molecule has 0 amide bonds. The number of fused-ring (bicyclic) bond motifs is 1. The van der Waals surface area contributed by atoms with Crippen molar-refractivity contribution in [1.29, 1.82) is 0 Å². The average Bonchev–Trinajstić information content (AvgIpc) is 2.53. The standard InChI is InChI=1S/C18H15NO2/c20-18(21)9-8-13-4-1-2-6-15(13)17-7-3-5-14-12-19-11-10-16(14)17/h1-7,10-12H,8-9H2,(H,20,21). The highest BCUT2D eigenvalue weighted by Crippen LogP contribution is 2.31. The predicted molar refractivity (Wildman–Crippen MR) is 83.1 cm³/mol. The van der Waals surface area contributed by atoms with E-state index in [1.54, 1.807) is 6.20 Å². The molecule has 3 heteroatoms. The van der Waals surface area contributed by atoms with Crippen molar-refractivity contribution in [2.45, 2.75) is 12.8 Å². The molecule has 0 atom stereocenters. The summed E-state index contributed by atoms with van der Waals surface area (Å²) in [6.45, 7) is 0. The lowest BCUT2D eigenvalue weighted by molar-refractivity contribution is -0.136. The van der Waals surface area contributed by atoms with Gasteiger partial charge in [0.05, 0.1) is 0 Å². The average molecular weight is 277 g/mol. The lowest BCUT2D eigenvalue weighted by atomic mass is 9.93. The van der Waals surface area contributed by atoms with E-state index in [-0.39, 0.29) is 6.42 Å². The van der Waals surface area contributed by atoms with Crippen LogP contribution >= 0.6 is 0 Å². The topological polar surface area (TPSA) is 50.2 Å². The van der Waals surface area contributed by atoms with Gasteiger partial charge in [-0.3, -0.25) is 9.78 Å². The third kappa shape index (κ3) is 2.77. The largest absolute Gasteiger partial charge is 0.481 e. The Morgan fingerprint density at radius 3 is 2.67 bits per heavy atom. The number of benzene rings is 2. The summed E-state index contributed by atoms with van der Waals surface area (Å²) in [5.41, 5.74) is 3.27. The van der Waals surface area contributed by atoms with E-state index in [0.717, 1.165) is 27.5 Å². The van der Waals surface area contributed by atoms with Crippen LogP contribution in [0.4, 0.5) is 0 Å². The Hall–Kier alpha value is -2.68. The van der Waals surface area contributed by atoms with Gasteiger partial charge in [-0.2, -0.15) is 0 Å². The quantitative estimate of drug-likeness (QED) is 0.786. The molecule has 3 rings (SSSR count). The molecule has 3 nitrogen and oxygen atoms in total. The normalized spacial score (nSPS) is 10.7. The van der Waals surface area contributed by atoms with E-state index in [1.807, 2.05) is 48.7 Å². The molecule has 0 radical (unpaired) electrons. The predicted octanol–water partition coefficient (Wildman–Crippen LogP) is 3.92. The van der Waals surface area contributed by atoms with Crippen molar-refractivity contribution in [3.8, 4) is 11.1 Å². The Morgan fingerprint density at radius 2 is 1.81 bits per heavy atom. The molecule has 0 spiro atoms. The third-order valence-corrected chi connectivity index (χ3v) is 3.60. The molecule has 0 bridgehead atoms. The summed E-state index contributed by atoms with van der Waals surface area (Å²) >= 11 is 0. The fourth-order valence-corrected chi connectivity index (χ4v) is 2.60. The molecule has 0 saturated carbocycles. The summed E-state index contributed by atoms with van der Waals surface area (Å²) in [6.07, 6.45) is 4.31. The second-order valence-electron chi connectivity index (χ2n) is 4.95. The zero-order chi connectivity index (χ0) is 14.7. The number of carboxylic acid groups (broad SMARTS) is 1. The zero-order valence-corrected chi connectivity index (χ0v) is 11.5. The van der Waals surface area contributed by atoms with Gasteiger partial charge in [0.1, 0.15) is 0 Å². The van der Waals surface area contributed by atoms with Crippen molar-refractivity contribution < 1.29 is 9.90 Å². The van der Waals surface area contributed by atoms with Crippen molar-refractivity contribution in [2.75, 3.05) is 0 Å². The van der Waals surface area contributed by atoms with Gasteiger partial charge in [-0.1, -0.05) is 42.5 Å². The van der Waals surface area contributed by atoms with Crippen LogP contribution in [-0.2, 0) is 11.2 Å². The van der Waals surface area contributed by atoms with Gasteiger partial charge in [-0.05, 0) is 34.6 Å². The number of hydrogen-bond donors (Lipinski definition) is 1. The number of carbonyl (C=O) groups is 1. The molecule has 0 aliphatic rings. The molecule has 1 heterocycles. The molecule has 0 saturated heterocycles. The van der Waals surface area contributed by atoms with Gasteiger partial charge < -0.3 is 5.11 Å². The number of aryl methyl sites for hydroxylation is 1. The minimum absolute atomic E-state index is 0.142. The van der Waals surface area contributed by atoms with Crippen LogP contribution in [0.15, 0.2) is 60.9 Å². The molecule has 3 aromatic rings. The van der Waals surface area contributed by atoms with E-state index in [9.17, 15) is 4.79 Å². The summed E-state index contributed by atoms with van der Waals surface area (Å²) in [4.78, 5) is 15.0. The lowest BCUT2D eigenvalue weighted by Crippen LogP contribution is -1.99. The van der Waals surface area contributed by atoms with Crippen LogP contribution in [0, 0.1) is 0 Å². The first-order chi connectivity index (χ1) is 10.3. The van der Waals surface area contributed by atoms with Gasteiger partial charge in [-0.15, -0.1) is 0 Å². The fraction of sp³-hybridized carbons (Fsp3) is 0.111. The highest BCUT2D eigenvalue weighted by molar-refractivity contribution is 5.96. The maximum Gasteiger partial charge on any atom is 0.303 e. The molecule has 1 N–H and O–H groups in total. The molecule has 1 aromatic heterocycles. The Balaban J connectivity index is 2.12. The molecular weight excluding hydrogens is 262 g/mol. The van der Waals surface area contributed by atoms with Crippen molar-refractivity contribution in [1.82, 2.24) is 4.98 Å². The summed E-state index contributed by atoms with van der Waals surface area (Å²) in [6, 6.07) is 16.1. The summed E-state index contributed by atoms with van der Waals surface area (Å²) in [7, 11) is 0. The highest BCUT2D eigenvalue weighted by Gasteiger charge is 2.09. The molecule has 0 aliphatic heterocycles. The number of nitrogens with zero attached hydrogens (tertiary/aromatic N) is 1. The second kappa shape index (κ2) is 5.75. The Labute approximate surface area is 122 Å². The summed E-state index contributed by atoms with van der Waals surface area (Å²) in [5, 5.41) is 11.1. The third-order valence-electron chi connectivity index (χ3n) is 3.60. The smallest absolute Gasteiger partial charge is 0.303 e. The highest BCUT2D eigenvalue weighted by atomic mass is 16.4. The Kier molecular flexibility index (Phi) is 3.65. The van der Waals surface area contributed by atoms with Crippen molar-refractivity contribution in [3.63, 3.8) is 0 Å². The Bertz CT molecular complexity index is 791. The molecule has 2 aromatic carbocycles. The van der Waals surface area contributed by atoms with Crippen molar-refractivity contribution in [2.24, 2.45) is 0 Å². The van der Waals surface area contributed by atoms with Gasteiger partial charge in [0.2, 0.25) is 0 Å². The minimum Gasteiger partial charge on any atom is -0.481 e. The fourth-order valence-electron chi connectivity index (χ4n) is 2.60. The van der Waals surface area contributed by atoms with E-state index < -0.39 is 5.97 Å². The van der Waals surface area contributed by atoms with Gasteiger partial charge in [-0.25, -0.2) is 0 Å². The van der Waals surface area contributed by atoms with E-state index in [0.29, 0.717) is 6.42 Å². The number of pyridine rings is 1. The number of carboxylic acids is 1. The number of rotatable bonds is 4. The lowest BCUT2D eigenvalue weighted by Gasteiger charge is -2.11. The van der Waals surface area contributed by atoms with Crippen LogP contribution in [0.5, 0.6) is 0 Å². The number of aliphatic carboxylic acids is 1. The molecule has 0 aliphatic carbocycles. The first-order valence-corrected chi connectivity index (χ1v) is 6.88. The van der Waals surface area contributed by atoms with Crippen LogP contribution in [0.1, 0.15) is 12.0 Å². The molecule has 104 valence electrons. The first kappa shape index (κ1) is 13.3. The maximum atomic E-state index is 10.8.